The smallest absolute Gasteiger partial charge is 0.419 e. The van der Waals surface area contributed by atoms with E-state index in [1.807, 2.05) is 11.5 Å². The number of hydrogen-bond acceptors (Lipinski definition) is 4. The van der Waals surface area contributed by atoms with Gasteiger partial charge in [0.2, 0.25) is 0 Å². The lowest BCUT2D eigenvalue weighted by molar-refractivity contribution is -0.140. The van der Waals surface area contributed by atoms with E-state index in [0.717, 1.165) is 17.6 Å². The Morgan fingerprint density at radius 3 is 2.53 bits per heavy atom. The Hall–Kier alpha value is -2.05. The summed E-state index contributed by atoms with van der Waals surface area (Å²) in [5.74, 6) is -0.678. The summed E-state index contributed by atoms with van der Waals surface area (Å²) < 4.78 is 66.7. The van der Waals surface area contributed by atoms with Gasteiger partial charge in [-0.1, -0.05) is 6.92 Å². The molecule has 176 valence electrons. The van der Waals surface area contributed by atoms with E-state index in [0.29, 0.717) is 35.3 Å². The molecule has 1 unspecified atom stereocenters. The van der Waals surface area contributed by atoms with E-state index < -0.39 is 35.3 Å². The van der Waals surface area contributed by atoms with Gasteiger partial charge in [-0.15, -0.1) is 0 Å². The average molecular weight is 569 g/mol. The van der Waals surface area contributed by atoms with Gasteiger partial charge in [0.25, 0.3) is 0 Å². The van der Waals surface area contributed by atoms with Crippen molar-refractivity contribution >= 4 is 28.7 Å². The summed E-state index contributed by atoms with van der Waals surface area (Å²) in [6.07, 6.45) is -4.72. The largest absolute Gasteiger partial charge is 0.491 e. The van der Waals surface area contributed by atoms with Gasteiger partial charge in [0.15, 0.2) is 0 Å². The first-order chi connectivity index (χ1) is 14.8. The lowest BCUT2D eigenvalue weighted by Crippen LogP contribution is -2.46. The number of aryl methyl sites for hydroxylation is 1. The maximum Gasteiger partial charge on any atom is 0.419 e. The Kier molecular flexibility index (Phi) is 6.97. The molecule has 3 rings (SSSR count). The zero-order chi connectivity index (χ0) is 23.8. The summed E-state index contributed by atoms with van der Waals surface area (Å²) in [5, 5.41) is 0. The van der Waals surface area contributed by atoms with Gasteiger partial charge < -0.3 is 14.0 Å². The fourth-order valence-electron chi connectivity index (χ4n) is 3.52. The minimum absolute atomic E-state index is 0.146. The van der Waals surface area contributed by atoms with Crippen molar-refractivity contribution < 1.29 is 31.8 Å². The molecule has 11 heteroatoms. The molecule has 0 fully saturated rings. The summed E-state index contributed by atoms with van der Waals surface area (Å²) in [7, 11) is 0. The molecule has 1 aliphatic heterocycles. The Morgan fingerprint density at radius 2 is 1.94 bits per heavy atom. The Labute approximate surface area is 197 Å². The lowest BCUT2D eigenvalue weighted by Gasteiger charge is -2.37. The molecule has 1 atom stereocenters. The number of rotatable bonds is 4. The van der Waals surface area contributed by atoms with Gasteiger partial charge >= 0.3 is 12.3 Å². The molecule has 1 aromatic carbocycles. The van der Waals surface area contributed by atoms with Crippen molar-refractivity contribution in [1.29, 1.82) is 0 Å². The highest BCUT2D eigenvalue weighted by molar-refractivity contribution is 14.1. The predicted molar refractivity (Wildman–Crippen MR) is 117 cm³/mol. The van der Waals surface area contributed by atoms with Crippen LogP contribution in [0.25, 0.3) is 0 Å². The van der Waals surface area contributed by atoms with Crippen LogP contribution in [0.4, 0.5) is 22.4 Å². The fraction of sp³-hybridized carbons (Fsp3) is 0.524. The summed E-state index contributed by atoms with van der Waals surface area (Å²) in [6.45, 7) is 7.91. The fourth-order valence-corrected chi connectivity index (χ4v) is 4.45. The first-order valence-electron chi connectivity index (χ1n) is 10.1. The number of amides is 1. The highest BCUT2D eigenvalue weighted by atomic mass is 127. The second kappa shape index (κ2) is 9.06. The number of hydrogen-bond donors (Lipinski definition) is 0. The SMILES string of the molecule is CCc1nc(I)c2n1CCN(C(=O)OC(C)(C)C)C2COc1ccc(F)c(C(F)(F)F)c1. The third-order valence-electron chi connectivity index (χ3n) is 4.89. The molecule has 2 heterocycles. The van der Waals surface area contributed by atoms with E-state index >= 15 is 0 Å². The van der Waals surface area contributed by atoms with Gasteiger partial charge in [0, 0.05) is 19.5 Å². The predicted octanol–water partition coefficient (Wildman–Crippen LogP) is 5.58. The minimum Gasteiger partial charge on any atom is -0.491 e. The zero-order valence-corrected chi connectivity index (χ0v) is 20.3. The van der Waals surface area contributed by atoms with Crippen LogP contribution < -0.4 is 4.74 Å². The molecule has 0 radical (unpaired) electrons. The van der Waals surface area contributed by atoms with E-state index in [-0.39, 0.29) is 12.4 Å². The van der Waals surface area contributed by atoms with Crippen LogP contribution in [0.15, 0.2) is 18.2 Å². The maximum absolute atomic E-state index is 13.6. The highest BCUT2D eigenvalue weighted by Crippen LogP contribution is 2.35. The van der Waals surface area contributed by atoms with Gasteiger partial charge in [-0.3, -0.25) is 4.90 Å². The molecular formula is C21H24F4IN3O3. The van der Waals surface area contributed by atoms with E-state index in [4.69, 9.17) is 9.47 Å². The monoisotopic (exact) mass is 569 g/mol. The van der Waals surface area contributed by atoms with Crippen molar-refractivity contribution in [2.24, 2.45) is 0 Å². The standard InChI is InChI=1S/C21H24F4IN3O3/c1-5-16-27-18(26)17-15(28(8-9-29(16)17)19(30)32-20(2,3)4)11-31-12-6-7-14(22)13(10-12)21(23,24)25/h6-7,10,15H,5,8-9,11H2,1-4H3. The lowest BCUT2D eigenvalue weighted by atomic mass is 10.1. The second-order valence-corrected chi connectivity index (χ2v) is 9.37. The van der Waals surface area contributed by atoms with Crippen LogP contribution in [-0.4, -0.2) is 39.3 Å². The molecule has 1 amide bonds. The van der Waals surface area contributed by atoms with Crippen LogP contribution in [0, 0.1) is 9.52 Å². The average Bonchev–Trinajstić information content (AvgIpc) is 3.01. The third-order valence-corrected chi connectivity index (χ3v) is 5.69. The molecule has 0 saturated carbocycles. The van der Waals surface area contributed by atoms with Crippen molar-refractivity contribution in [3.05, 3.63) is 44.8 Å². The Bertz CT molecular complexity index is 1000. The number of fused-ring (bicyclic) bond motifs is 1. The van der Waals surface area contributed by atoms with E-state index in [9.17, 15) is 22.4 Å². The normalized spacial score (nSPS) is 16.7. The molecule has 1 aliphatic rings. The van der Waals surface area contributed by atoms with Crippen LogP contribution in [0.5, 0.6) is 5.75 Å². The van der Waals surface area contributed by atoms with Crippen LogP contribution in [0.3, 0.4) is 0 Å². The number of carbonyl (C=O) groups is 1. The van der Waals surface area contributed by atoms with Crippen LogP contribution in [0.1, 0.15) is 50.8 Å². The van der Waals surface area contributed by atoms with Crippen LogP contribution in [-0.2, 0) is 23.9 Å². The first kappa shape index (κ1) is 24.6. The van der Waals surface area contributed by atoms with Crippen molar-refractivity contribution in [3.63, 3.8) is 0 Å². The van der Waals surface area contributed by atoms with Crippen molar-refractivity contribution in [3.8, 4) is 5.75 Å². The van der Waals surface area contributed by atoms with Gasteiger partial charge in [-0.05, 0) is 61.6 Å². The molecule has 0 N–H and O–H groups in total. The van der Waals surface area contributed by atoms with Gasteiger partial charge in [-0.2, -0.15) is 13.2 Å². The van der Waals surface area contributed by atoms with Crippen molar-refractivity contribution in [1.82, 2.24) is 14.5 Å². The van der Waals surface area contributed by atoms with Gasteiger partial charge in [0.1, 0.15) is 39.3 Å². The number of nitrogens with zero attached hydrogens (tertiary/aromatic N) is 3. The molecule has 0 saturated heterocycles. The number of alkyl halides is 3. The van der Waals surface area contributed by atoms with Gasteiger partial charge in [0.05, 0.1) is 11.3 Å². The van der Waals surface area contributed by atoms with E-state index in [1.54, 1.807) is 20.8 Å². The summed E-state index contributed by atoms with van der Waals surface area (Å²) >= 11 is 2.07. The molecule has 2 aromatic rings. The second-order valence-electron chi connectivity index (χ2n) is 8.35. The van der Waals surface area contributed by atoms with E-state index in [2.05, 4.69) is 27.6 Å². The van der Waals surface area contributed by atoms with Crippen LogP contribution in [0.2, 0.25) is 0 Å². The number of halogens is 5. The summed E-state index contributed by atoms with van der Waals surface area (Å²) in [5.41, 5.74) is -1.39. The van der Waals surface area contributed by atoms with Crippen molar-refractivity contribution in [2.45, 2.75) is 58.5 Å². The number of aromatic nitrogens is 2. The quantitative estimate of drug-likeness (QED) is 0.357. The Morgan fingerprint density at radius 1 is 1.25 bits per heavy atom. The molecule has 32 heavy (non-hydrogen) atoms. The number of imidazole rings is 1. The summed E-state index contributed by atoms with van der Waals surface area (Å²) in [4.78, 5) is 18.9. The number of ether oxygens (including phenoxy) is 2. The maximum atomic E-state index is 13.6. The van der Waals surface area contributed by atoms with Crippen molar-refractivity contribution in [2.75, 3.05) is 13.2 Å². The molecule has 0 aliphatic carbocycles. The van der Waals surface area contributed by atoms with E-state index in [1.165, 1.54) is 4.90 Å². The molecule has 0 bridgehead atoms. The summed E-state index contributed by atoms with van der Waals surface area (Å²) in [6, 6.07) is 1.83. The topological polar surface area (TPSA) is 56.6 Å². The molecular weight excluding hydrogens is 545 g/mol. The molecule has 6 nitrogen and oxygen atoms in total. The van der Waals surface area contributed by atoms with Crippen LogP contribution >= 0.6 is 22.6 Å². The molecule has 1 aromatic heterocycles. The minimum atomic E-state index is -4.85. The number of benzene rings is 1. The zero-order valence-electron chi connectivity index (χ0n) is 18.1. The Balaban J connectivity index is 1.93. The molecule has 0 spiro atoms. The highest BCUT2D eigenvalue weighted by Gasteiger charge is 2.38. The van der Waals surface area contributed by atoms with Gasteiger partial charge in [-0.25, -0.2) is 14.2 Å². The third kappa shape index (κ3) is 5.29. The first-order valence-corrected chi connectivity index (χ1v) is 11.1. The number of carbonyl (C=O) groups excluding carboxylic acids is 1.